The number of amides is 2. The molecule has 1 aromatic heterocycles. The van der Waals surface area contributed by atoms with E-state index in [1.807, 2.05) is 0 Å². The molecular weight excluding hydrogens is 410 g/mol. The lowest BCUT2D eigenvalue weighted by Gasteiger charge is -2.26. The summed E-state index contributed by atoms with van der Waals surface area (Å²) in [6.07, 6.45) is 4.72. The molecule has 136 valence electrons. The van der Waals surface area contributed by atoms with Crippen molar-refractivity contribution in [3.05, 3.63) is 22.8 Å². The largest absolute Gasteiger partial charge is 0.455 e. The summed E-state index contributed by atoms with van der Waals surface area (Å²) in [6, 6.07) is 3.44. The maximum atomic E-state index is 11.9. The number of hydrogen-bond donors (Lipinski definition) is 1. The Morgan fingerprint density at radius 1 is 1.20 bits per heavy atom. The zero-order valence-corrected chi connectivity index (χ0v) is 16.1. The number of piperidine rings is 1. The van der Waals surface area contributed by atoms with E-state index in [1.165, 1.54) is 0 Å². The lowest BCUT2D eigenvalue weighted by Crippen LogP contribution is -2.38. The molecular formula is C16H20BrN3O4S. The van der Waals surface area contributed by atoms with Gasteiger partial charge in [0.05, 0.1) is 11.5 Å². The second-order valence-electron chi connectivity index (χ2n) is 5.50. The Morgan fingerprint density at radius 2 is 1.96 bits per heavy atom. The van der Waals surface area contributed by atoms with Gasteiger partial charge >= 0.3 is 5.97 Å². The highest BCUT2D eigenvalue weighted by Gasteiger charge is 2.18. The Morgan fingerprint density at radius 3 is 2.64 bits per heavy atom. The maximum absolute atomic E-state index is 11.9. The minimum Gasteiger partial charge on any atom is -0.455 e. The van der Waals surface area contributed by atoms with Crippen LogP contribution >= 0.6 is 27.7 Å². The molecule has 1 saturated heterocycles. The molecule has 25 heavy (non-hydrogen) atoms. The fraction of sp³-hybridized carbons (Fsp3) is 0.500. The average Bonchev–Trinajstić information content (AvgIpc) is 2.62. The molecule has 0 aliphatic carbocycles. The molecule has 7 nitrogen and oxygen atoms in total. The number of nitrogens with zero attached hydrogens (tertiary/aromatic N) is 2. The van der Waals surface area contributed by atoms with Crippen LogP contribution in [0.4, 0.5) is 5.82 Å². The topological polar surface area (TPSA) is 88.6 Å². The predicted molar refractivity (Wildman–Crippen MR) is 99.3 cm³/mol. The van der Waals surface area contributed by atoms with Crippen molar-refractivity contribution in [3.63, 3.8) is 0 Å². The summed E-state index contributed by atoms with van der Waals surface area (Å²) < 4.78 is 5.79. The minimum atomic E-state index is -0.495. The van der Waals surface area contributed by atoms with Crippen LogP contribution in [0.15, 0.2) is 22.8 Å². The Labute approximate surface area is 159 Å². The standard InChI is InChI=1S/C16H20BrN3O4S/c17-12-4-5-13(18-8-12)19-14(21)10-25-11-16(23)24-9-15(22)20-6-2-1-3-7-20/h4-5,8H,1-3,6-7,9-11H2,(H,18,19,21). The monoisotopic (exact) mass is 429 g/mol. The Balaban J connectivity index is 1.59. The number of nitrogens with one attached hydrogen (secondary N) is 1. The number of pyridine rings is 1. The van der Waals surface area contributed by atoms with Gasteiger partial charge in [0.2, 0.25) is 5.91 Å². The van der Waals surface area contributed by atoms with Gasteiger partial charge in [-0.05, 0) is 47.3 Å². The quantitative estimate of drug-likeness (QED) is 0.667. The van der Waals surface area contributed by atoms with Crippen LogP contribution in [0.25, 0.3) is 0 Å². The molecule has 0 atom stereocenters. The molecule has 1 aliphatic rings. The van der Waals surface area contributed by atoms with E-state index in [4.69, 9.17) is 4.74 Å². The van der Waals surface area contributed by atoms with Gasteiger partial charge in [-0.1, -0.05) is 0 Å². The van der Waals surface area contributed by atoms with Crippen molar-refractivity contribution >= 4 is 51.3 Å². The molecule has 0 unspecified atom stereocenters. The minimum absolute atomic E-state index is 0.0223. The molecule has 1 aromatic rings. The maximum Gasteiger partial charge on any atom is 0.316 e. The van der Waals surface area contributed by atoms with Gasteiger partial charge in [0.15, 0.2) is 6.61 Å². The zero-order chi connectivity index (χ0) is 18.1. The number of thioether (sulfide) groups is 1. The van der Waals surface area contributed by atoms with Gasteiger partial charge in [-0.3, -0.25) is 14.4 Å². The van der Waals surface area contributed by atoms with E-state index in [0.29, 0.717) is 5.82 Å². The van der Waals surface area contributed by atoms with E-state index in [2.05, 4.69) is 26.2 Å². The number of esters is 1. The van der Waals surface area contributed by atoms with E-state index in [9.17, 15) is 14.4 Å². The molecule has 0 radical (unpaired) electrons. The Kier molecular flexibility index (Phi) is 8.20. The number of likely N-dealkylation sites (tertiary alicyclic amines) is 1. The molecule has 1 aliphatic heterocycles. The second-order valence-corrected chi connectivity index (χ2v) is 7.41. The summed E-state index contributed by atoms with van der Waals surface area (Å²) in [6.45, 7) is 1.24. The molecule has 1 N–H and O–H groups in total. The van der Waals surface area contributed by atoms with Crippen molar-refractivity contribution in [1.82, 2.24) is 9.88 Å². The van der Waals surface area contributed by atoms with Crippen molar-refractivity contribution in [2.75, 3.05) is 36.5 Å². The third-order valence-corrected chi connectivity index (χ3v) is 4.89. The van der Waals surface area contributed by atoms with E-state index >= 15 is 0 Å². The molecule has 2 amide bonds. The van der Waals surface area contributed by atoms with Crippen molar-refractivity contribution < 1.29 is 19.1 Å². The van der Waals surface area contributed by atoms with Crippen LogP contribution in [-0.4, -0.2) is 58.9 Å². The third kappa shape index (κ3) is 7.43. The Hall–Kier alpha value is -1.61. The number of anilines is 1. The molecule has 0 aromatic carbocycles. The molecule has 0 bridgehead atoms. The van der Waals surface area contributed by atoms with E-state index in [-0.39, 0.29) is 29.9 Å². The van der Waals surface area contributed by atoms with Crippen molar-refractivity contribution in [2.24, 2.45) is 0 Å². The van der Waals surface area contributed by atoms with Crippen molar-refractivity contribution in [1.29, 1.82) is 0 Å². The number of halogens is 1. The van der Waals surface area contributed by atoms with Gasteiger partial charge in [-0.2, -0.15) is 0 Å². The number of ether oxygens (including phenoxy) is 1. The fourth-order valence-electron chi connectivity index (χ4n) is 2.27. The first-order valence-electron chi connectivity index (χ1n) is 7.97. The number of hydrogen-bond acceptors (Lipinski definition) is 6. The van der Waals surface area contributed by atoms with Gasteiger partial charge in [-0.15, -0.1) is 11.8 Å². The van der Waals surface area contributed by atoms with Gasteiger partial charge in [0.25, 0.3) is 5.91 Å². The summed E-state index contributed by atoms with van der Waals surface area (Å²) in [4.78, 5) is 41.0. The average molecular weight is 430 g/mol. The number of rotatable bonds is 7. The highest BCUT2D eigenvalue weighted by molar-refractivity contribution is 9.10. The van der Waals surface area contributed by atoms with Gasteiger partial charge in [-0.25, -0.2) is 4.98 Å². The molecule has 1 fully saturated rings. The second kappa shape index (κ2) is 10.4. The number of carbonyl (C=O) groups excluding carboxylic acids is 3. The summed E-state index contributed by atoms with van der Waals surface area (Å²) >= 11 is 4.39. The first-order valence-corrected chi connectivity index (χ1v) is 9.92. The first kappa shape index (κ1) is 19.7. The smallest absolute Gasteiger partial charge is 0.316 e. The SMILES string of the molecule is O=C(CSCC(=O)OCC(=O)N1CCCCC1)Nc1ccc(Br)cn1. The summed E-state index contributed by atoms with van der Waals surface area (Å²) in [5, 5.41) is 2.63. The van der Waals surface area contributed by atoms with Crippen LogP contribution < -0.4 is 5.32 Å². The lowest BCUT2D eigenvalue weighted by molar-refractivity contribution is -0.150. The number of carbonyl (C=O) groups is 3. The summed E-state index contributed by atoms with van der Waals surface area (Å²) in [5.74, 6) is -0.330. The van der Waals surface area contributed by atoms with Crippen LogP contribution in [0.3, 0.4) is 0 Å². The third-order valence-electron chi connectivity index (χ3n) is 3.51. The molecule has 0 saturated carbocycles. The predicted octanol–water partition coefficient (Wildman–Crippen LogP) is 2.07. The van der Waals surface area contributed by atoms with Gasteiger partial charge < -0.3 is 15.0 Å². The molecule has 2 heterocycles. The summed E-state index contributed by atoms with van der Waals surface area (Å²) in [5.41, 5.74) is 0. The lowest BCUT2D eigenvalue weighted by atomic mass is 10.1. The van der Waals surface area contributed by atoms with Crippen LogP contribution in [0.2, 0.25) is 0 Å². The van der Waals surface area contributed by atoms with Gasteiger partial charge in [0, 0.05) is 23.8 Å². The van der Waals surface area contributed by atoms with Crippen molar-refractivity contribution in [3.8, 4) is 0 Å². The summed E-state index contributed by atoms with van der Waals surface area (Å²) in [7, 11) is 0. The van der Waals surface area contributed by atoms with E-state index < -0.39 is 5.97 Å². The van der Waals surface area contributed by atoms with Crippen LogP contribution in [-0.2, 0) is 19.1 Å². The molecule has 0 spiro atoms. The fourth-order valence-corrected chi connectivity index (χ4v) is 3.12. The van der Waals surface area contributed by atoms with Crippen LogP contribution in [0, 0.1) is 0 Å². The van der Waals surface area contributed by atoms with Crippen LogP contribution in [0.5, 0.6) is 0 Å². The van der Waals surface area contributed by atoms with E-state index in [0.717, 1.165) is 48.6 Å². The van der Waals surface area contributed by atoms with Crippen molar-refractivity contribution in [2.45, 2.75) is 19.3 Å². The van der Waals surface area contributed by atoms with E-state index in [1.54, 1.807) is 23.2 Å². The molecule has 9 heteroatoms. The Bertz CT molecular complexity index is 606. The zero-order valence-electron chi connectivity index (χ0n) is 13.7. The first-order chi connectivity index (χ1) is 12.0. The highest BCUT2D eigenvalue weighted by Crippen LogP contribution is 2.11. The van der Waals surface area contributed by atoms with Gasteiger partial charge in [0.1, 0.15) is 5.82 Å². The number of aromatic nitrogens is 1. The normalized spacial score (nSPS) is 14.0. The van der Waals surface area contributed by atoms with Crippen LogP contribution in [0.1, 0.15) is 19.3 Å². The molecule has 2 rings (SSSR count). The highest BCUT2D eigenvalue weighted by atomic mass is 79.9.